The van der Waals surface area contributed by atoms with E-state index in [2.05, 4.69) is 15.9 Å². The SMILES string of the molecule is O=C(c1ccc(Cl)c(F)c1)N(CCBr)Cc1ccccc1. The lowest BCUT2D eigenvalue weighted by Gasteiger charge is -2.22. The van der Waals surface area contributed by atoms with Crippen LogP contribution in [0.25, 0.3) is 0 Å². The fourth-order valence-corrected chi connectivity index (χ4v) is 2.52. The number of benzene rings is 2. The molecule has 0 aliphatic carbocycles. The van der Waals surface area contributed by atoms with Gasteiger partial charge in [-0.05, 0) is 23.8 Å². The predicted molar refractivity (Wildman–Crippen MR) is 86.4 cm³/mol. The van der Waals surface area contributed by atoms with Crippen molar-refractivity contribution in [1.82, 2.24) is 4.90 Å². The van der Waals surface area contributed by atoms with Crippen molar-refractivity contribution in [3.05, 3.63) is 70.5 Å². The number of alkyl halides is 1. The molecule has 0 bridgehead atoms. The second-order valence-electron chi connectivity index (χ2n) is 4.53. The number of carbonyl (C=O) groups excluding carboxylic acids is 1. The van der Waals surface area contributed by atoms with Gasteiger partial charge in [-0.1, -0.05) is 57.9 Å². The van der Waals surface area contributed by atoms with E-state index in [9.17, 15) is 9.18 Å². The third-order valence-corrected chi connectivity index (χ3v) is 3.69. The molecule has 0 aliphatic heterocycles. The van der Waals surface area contributed by atoms with Gasteiger partial charge in [0.15, 0.2) is 0 Å². The zero-order valence-corrected chi connectivity index (χ0v) is 13.6. The summed E-state index contributed by atoms with van der Waals surface area (Å²) in [7, 11) is 0. The molecule has 5 heteroatoms. The summed E-state index contributed by atoms with van der Waals surface area (Å²) >= 11 is 8.99. The molecule has 2 aromatic rings. The van der Waals surface area contributed by atoms with Crippen molar-refractivity contribution < 1.29 is 9.18 Å². The van der Waals surface area contributed by atoms with Gasteiger partial charge in [-0.15, -0.1) is 0 Å². The fraction of sp³-hybridized carbons (Fsp3) is 0.188. The van der Waals surface area contributed by atoms with Crippen LogP contribution >= 0.6 is 27.5 Å². The van der Waals surface area contributed by atoms with Gasteiger partial charge in [0.1, 0.15) is 5.82 Å². The largest absolute Gasteiger partial charge is 0.333 e. The fourth-order valence-electron chi connectivity index (χ4n) is 1.97. The maximum atomic E-state index is 13.5. The average Bonchev–Trinajstić information content (AvgIpc) is 2.50. The third-order valence-electron chi connectivity index (χ3n) is 3.02. The average molecular weight is 371 g/mol. The molecule has 2 rings (SSSR count). The van der Waals surface area contributed by atoms with E-state index in [-0.39, 0.29) is 10.9 Å². The Labute approximate surface area is 136 Å². The molecule has 0 N–H and O–H groups in total. The van der Waals surface area contributed by atoms with Gasteiger partial charge < -0.3 is 4.90 Å². The summed E-state index contributed by atoms with van der Waals surface area (Å²) in [6.07, 6.45) is 0. The van der Waals surface area contributed by atoms with E-state index in [4.69, 9.17) is 11.6 Å². The van der Waals surface area contributed by atoms with Crippen LogP contribution in [0.1, 0.15) is 15.9 Å². The zero-order chi connectivity index (χ0) is 15.2. The molecule has 2 nitrogen and oxygen atoms in total. The maximum Gasteiger partial charge on any atom is 0.254 e. The molecule has 1 amide bonds. The molecule has 0 aliphatic rings. The number of hydrogen-bond acceptors (Lipinski definition) is 1. The molecule has 21 heavy (non-hydrogen) atoms. The van der Waals surface area contributed by atoms with Crippen molar-refractivity contribution in [2.45, 2.75) is 6.54 Å². The van der Waals surface area contributed by atoms with Crippen LogP contribution in [0.2, 0.25) is 5.02 Å². The number of hydrogen-bond donors (Lipinski definition) is 0. The molecule has 0 saturated heterocycles. The highest BCUT2D eigenvalue weighted by atomic mass is 79.9. The van der Waals surface area contributed by atoms with E-state index in [1.54, 1.807) is 11.0 Å². The van der Waals surface area contributed by atoms with Gasteiger partial charge in [0, 0.05) is 24.0 Å². The van der Waals surface area contributed by atoms with E-state index in [1.807, 2.05) is 30.3 Å². The van der Waals surface area contributed by atoms with Crippen molar-refractivity contribution in [2.75, 3.05) is 11.9 Å². The Kier molecular flexibility index (Phi) is 5.76. The molecule has 0 radical (unpaired) electrons. The Morgan fingerprint density at radius 1 is 1.19 bits per heavy atom. The van der Waals surface area contributed by atoms with Crippen LogP contribution < -0.4 is 0 Å². The van der Waals surface area contributed by atoms with E-state index in [0.717, 1.165) is 5.56 Å². The summed E-state index contributed by atoms with van der Waals surface area (Å²) in [5, 5.41) is 0.670. The molecule has 0 atom stereocenters. The predicted octanol–water partition coefficient (Wildman–Crippen LogP) is 4.52. The van der Waals surface area contributed by atoms with Crippen LogP contribution in [0.5, 0.6) is 0 Å². The number of rotatable bonds is 5. The van der Waals surface area contributed by atoms with Gasteiger partial charge in [0.05, 0.1) is 5.02 Å². The first kappa shape index (κ1) is 16.0. The van der Waals surface area contributed by atoms with Crippen LogP contribution in [-0.2, 0) is 6.54 Å². The van der Waals surface area contributed by atoms with Crippen LogP contribution in [0.4, 0.5) is 4.39 Å². The molecule has 0 fully saturated rings. The van der Waals surface area contributed by atoms with Crippen LogP contribution in [-0.4, -0.2) is 22.7 Å². The lowest BCUT2D eigenvalue weighted by atomic mass is 10.1. The topological polar surface area (TPSA) is 20.3 Å². The minimum absolute atomic E-state index is 0.0154. The lowest BCUT2D eigenvalue weighted by Crippen LogP contribution is -2.32. The molecule has 0 unspecified atom stereocenters. The van der Waals surface area contributed by atoms with Crippen molar-refractivity contribution in [2.24, 2.45) is 0 Å². The number of amides is 1. The summed E-state index contributed by atoms with van der Waals surface area (Å²) in [4.78, 5) is 14.2. The highest BCUT2D eigenvalue weighted by molar-refractivity contribution is 9.09. The van der Waals surface area contributed by atoms with Gasteiger partial charge >= 0.3 is 0 Å². The Hall–Kier alpha value is -1.39. The van der Waals surface area contributed by atoms with Crippen molar-refractivity contribution in [3.63, 3.8) is 0 Å². The quantitative estimate of drug-likeness (QED) is 0.709. The van der Waals surface area contributed by atoms with Gasteiger partial charge in [0.25, 0.3) is 5.91 Å². The third kappa shape index (κ3) is 4.29. The monoisotopic (exact) mass is 369 g/mol. The highest BCUT2D eigenvalue weighted by Crippen LogP contribution is 2.18. The molecule has 110 valence electrons. The summed E-state index contributed by atoms with van der Waals surface area (Å²) in [5.41, 5.74) is 1.33. The normalized spacial score (nSPS) is 10.4. The Morgan fingerprint density at radius 3 is 2.52 bits per heavy atom. The van der Waals surface area contributed by atoms with Crippen LogP contribution in [0, 0.1) is 5.82 Å². The van der Waals surface area contributed by atoms with E-state index < -0.39 is 5.82 Å². The first-order valence-electron chi connectivity index (χ1n) is 6.46. The molecule has 0 heterocycles. The number of nitrogens with zero attached hydrogens (tertiary/aromatic N) is 1. The van der Waals surface area contributed by atoms with Crippen LogP contribution in [0.15, 0.2) is 48.5 Å². The van der Waals surface area contributed by atoms with Gasteiger partial charge in [-0.25, -0.2) is 4.39 Å². The van der Waals surface area contributed by atoms with E-state index in [0.29, 0.717) is 24.0 Å². The van der Waals surface area contributed by atoms with E-state index >= 15 is 0 Å². The van der Waals surface area contributed by atoms with Gasteiger partial charge in [-0.2, -0.15) is 0 Å². The van der Waals surface area contributed by atoms with Crippen molar-refractivity contribution >= 4 is 33.4 Å². The molecule has 0 aromatic heterocycles. The Bertz CT molecular complexity index is 621. The first-order valence-corrected chi connectivity index (χ1v) is 7.96. The number of halogens is 3. The highest BCUT2D eigenvalue weighted by Gasteiger charge is 2.17. The van der Waals surface area contributed by atoms with Gasteiger partial charge in [0.2, 0.25) is 0 Å². The van der Waals surface area contributed by atoms with Crippen molar-refractivity contribution in [3.8, 4) is 0 Å². The summed E-state index contributed by atoms with van der Waals surface area (Å²) in [5.74, 6) is -0.796. The Balaban J connectivity index is 2.20. The first-order chi connectivity index (χ1) is 10.1. The van der Waals surface area contributed by atoms with Crippen molar-refractivity contribution in [1.29, 1.82) is 0 Å². The molecular formula is C16H14BrClFNO. The summed E-state index contributed by atoms with van der Waals surface area (Å²) < 4.78 is 13.5. The minimum Gasteiger partial charge on any atom is -0.333 e. The molecule has 0 spiro atoms. The van der Waals surface area contributed by atoms with Gasteiger partial charge in [-0.3, -0.25) is 4.79 Å². The molecular weight excluding hydrogens is 357 g/mol. The van der Waals surface area contributed by atoms with E-state index in [1.165, 1.54) is 12.1 Å². The smallest absolute Gasteiger partial charge is 0.254 e. The zero-order valence-electron chi connectivity index (χ0n) is 11.2. The second kappa shape index (κ2) is 7.57. The molecule has 0 saturated carbocycles. The summed E-state index contributed by atoms with van der Waals surface area (Å²) in [6, 6.07) is 13.8. The number of carbonyl (C=O) groups is 1. The Morgan fingerprint density at radius 2 is 1.90 bits per heavy atom. The minimum atomic E-state index is -0.582. The lowest BCUT2D eigenvalue weighted by molar-refractivity contribution is 0.0754. The summed E-state index contributed by atoms with van der Waals surface area (Å²) in [6.45, 7) is 1.02. The standard InChI is InChI=1S/C16H14BrClFNO/c17-8-9-20(11-12-4-2-1-3-5-12)16(21)13-6-7-14(18)15(19)10-13/h1-7,10H,8-9,11H2. The maximum absolute atomic E-state index is 13.5. The molecule has 2 aromatic carbocycles. The second-order valence-corrected chi connectivity index (χ2v) is 5.73. The van der Waals surface area contributed by atoms with Crippen LogP contribution in [0.3, 0.4) is 0 Å².